The lowest BCUT2D eigenvalue weighted by Gasteiger charge is -2.08. The van der Waals surface area contributed by atoms with Crippen molar-refractivity contribution in [3.63, 3.8) is 0 Å². The van der Waals surface area contributed by atoms with Gasteiger partial charge in [-0.3, -0.25) is 9.78 Å². The van der Waals surface area contributed by atoms with E-state index in [1.165, 1.54) is 6.07 Å². The molecule has 0 saturated carbocycles. The largest absolute Gasteiger partial charge is 0.458 e. The molecule has 0 saturated heterocycles. The Hall–Kier alpha value is -4.12. The fourth-order valence-corrected chi connectivity index (χ4v) is 3.51. The van der Waals surface area contributed by atoms with Crippen molar-refractivity contribution in [1.29, 1.82) is 5.26 Å². The van der Waals surface area contributed by atoms with E-state index in [1.54, 1.807) is 48.7 Å². The van der Waals surface area contributed by atoms with Crippen LogP contribution in [-0.2, 0) is 12.6 Å². The number of pyridine rings is 1. The Balaban J connectivity index is 1.63. The highest BCUT2D eigenvalue weighted by atomic mass is 19.4. The molecule has 1 N–H and O–H groups in total. The summed E-state index contributed by atoms with van der Waals surface area (Å²) in [6, 6.07) is 17.5. The van der Waals surface area contributed by atoms with Gasteiger partial charge in [-0.2, -0.15) is 18.4 Å². The van der Waals surface area contributed by atoms with Gasteiger partial charge in [0.15, 0.2) is 5.58 Å². The lowest BCUT2D eigenvalue weighted by Crippen LogP contribution is -2.24. The van der Waals surface area contributed by atoms with Gasteiger partial charge in [-0.05, 0) is 35.9 Å². The lowest BCUT2D eigenvalue weighted by atomic mass is 10.1. The van der Waals surface area contributed by atoms with Crippen molar-refractivity contribution in [2.75, 3.05) is 6.54 Å². The van der Waals surface area contributed by atoms with Crippen molar-refractivity contribution in [3.05, 3.63) is 89.3 Å². The molecule has 1 amide bonds. The molecule has 2 aromatic carbocycles. The second kappa shape index (κ2) is 9.17. The first kappa shape index (κ1) is 22.1. The first-order valence-corrected chi connectivity index (χ1v) is 10.1. The topological polar surface area (TPSA) is 78.9 Å². The van der Waals surface area contributed by atoms with Gasteiger partial charge in [-0.15, -0.1) is 0 Å². The second-order valence-electron chi connectivity index (χ2n) is 7.41. The normalized spacial score (nSPS) is 11.3. The molecule has 0 aliphatic rings. The second-order valence-corrected chi connectivity index (χ2v) is 7.41. The average Bonchev–Trinajstić information content (AvgIpc) is 3.21. The van der Waals surface area contributed by atoms with Crippen molar-refractivity contribution in [2.45, 2.75) is 19.0 Å². The monoisotopic (exact) mass is 449 g/mol. The number of halogens is 3. The van der Waals surface area contributed by atoms with Crippen LogP contribution in [0.15, 0.2) is 71.3 Å². The molecular formula is C25H18F3N3O2. The summed E-state index contributed by atoms with van der Waals surface area (Å²) < 4.78 is 45.0. The molecule has 5 nitrogen and oxygen atoms in total. The van der Waals surface area contributed by atoms with E-state index in [0.29, 0.717) is 33.7 Å². The van der Waals surface area contributed by atoms with Crippen LogP contribution in [0.1, 0.15) is 33.7 Å². The molecule has 0 bridgehead atoms. The van der Waals surface area contributed by atoms with Crippen LogP contribution in [0.5, 0.6) is 0 Å². The van der Waals surface area contributed by atoms with Crippen LogP contribution in [0, 0.1) is 11.3 Å². The molecule has 33 heavy (non-hydrogen) atoms. The Kier molecular flexibility index (Phi) is 6.13. The van der Waals surface area contributed by atoms with Crippen LogP contribution >= 0.6 is 0 Å². The lowest BCUT2D eigenvalue weighted by molar-refractivity contribution is -0.137. The number of nitriles is 1. The van der Waals surface area contributed by atoms with Crippen LogP contribution in [0.3, 0.4) is 0 Å². The molecule has 166 valence electrons. The third-order valence-electron chi connectivity index (χ3n) is 5.04. The van der Waals surface area contributed by atoms with Gasteiger partial charge in [0.05, 0.1) is 18.1 Å². The number of benzene rings is 2. The average molecular weight is 449 g/mol. The Bertz CT molecular complexity index is 1350. The minimum Gasteiger partial charge on any atom is -0.458 e. The third kappa shape index (κ3) is 5.04. The van der Waals surface area contributed by atoms with Gasteiger partial charge in [0.1, 0.15) is 11.5 Å². The molecule has 0 aliphatic heterocycles. The summed E-state index contributed by atoms with van der Waals surface area (Å²) in [6.07, 6.45) is -2.39. The molecule has 0 fully saturated rings. The number of aromatic nitrogens is 1. The third-order valence-corrected chi connectivity index (χ3v) is 5.04. The van der Waals surface area contributed by atoms with Gasteiger partial charge < -0.3 is 9.73 Å². The number of furan rings is 1. The zero-order valence-electron chi connectivity index (χ0n) is 17.3. The van der Waals surface area contributed by atoms with E-state index < -0.39 is 11.7 Å². The maximum Gasteiger partial charge on any atom is 0.416 e. The van der Waals surface area contributed by atoms with Crippen molar-refractivity contribution >= 4 is 16.9 Å². The van der Waals surface area contributed by atoms with Crippen molar-refractivity contribution < 1.29 is 22.4 Å². The Morgan fingerprint density at radius 1 is 1.09 bits per heavy atom. The Morgan fingerprint density at radius 2 is 1.91 bits per heavy atom. The molecule has 0 unspecified atom stereocenters. The smallest absolute Gasteiger partial charge is 0.416 e. The SMILES string of the molecule is N#CCCNC(=O)c1cccc(-c2nccc3cc(Cc4cccc(C(F)(F)F)c4)oc23)c1. The van der Waals surface area contributed by atoms with Gasteiger partial charge in [-0.1, -0.05) is 30.3 Å². The van der Waals surface area contributed by atoms with Crippen molar-refractivity contribution in [1.82, 2.24) is 10.3 Å². The summed E-state index contributed by atoms with van der Waals surface area (Å²) in [5, 5.41) is 12.0. The number of fused-ring (bicyclic) bond motifs is 1. The molecular weight excluding hydrogens is 431 g/mol. The van der Waals surface area contributed by atoms with E-state index in [0.717, 1.165) is 17.5 Å². The number of carbonyl (C=O) groups is 1. The van der Waals surface area contributed by atoms with Crippen LogP contribution in [0.4, 0.5) is 13.2 Å². The van der Waals surface area contributed by atoms with E-state index in [2.05, 4.69) is 10.3 Å². The zero-order valence-corrected chi connectivity index (χ0v) is 17.3. The van der Waals surface area contributed by atoms with Crippen LogP contribution in [0.25, 0.3) is 22.2 Å². The molecule has 0 aliphatic carbocycles. The first-order valence-electron chi connectivity index (χ1n) is 10.1. The van der Waals surface area contributed by atoms with Gasteiger partial charge in [0.2, 0.25) is 0 Å². The fourth-order valence-electron chi connectivity index (χ4n) is 3.51. The summed E-state index contributed by atoms with van der Waals surface area (Å²) >= 11 is 0. The maximum absolute atomic E-state index is 13.0. The molecule has 4 rings (SSSR count). The van der Waals surface area contributed by atoms with E-state index in [-0.39, 0.29) is 25.3 Å². The van der Waals surface area contributed by atoms with Gasteiger partial charge >= 0.3 is 6.18 Å². The highest BCUT2D eigenvalue weighted by Gasteiger charge is 2.30. The Labute approximate surface area is 187 Å². The quantitative estimate of drug-likeness (QED) is 0.380. The molecule has 0 radical (unpaired) electrons. The molecule has 2 aromatic heterocycles. The van der Waals surface area contributed by atoms with E-state index in [1.807, 2.05) is 6.07 Å². The summed E-state index contributed by atoms with van der Waals surface area (Å²) in [5.74, 6) is 0.202. The van der Waals surface area contributed by atoms with Crippen molar-refractivity contribution in [3.8, 4) is 17.3 Å². The number of rotatable bonds is 6. The molecule has 4 aromatic rings. The minimum absolute atomic E-state index is 0.194. The molecule has 8 heteroatoms. The minimum atomic E-state index is -4.41. The van der Waals surface area contributed by atoms with Crippen LogP contribution < -0.4 is 5.32 Å². The predicted molar refractivity (Wildman–Crippen MR) is 116 cm³/mol. The highest BCUT2D eigenvalue weighted by molar-refractivity contribution is 5.97. The zero-order chi connectivity index (χ0) is 23.4. The maximum atomic E-state index is 13.0. The molecule has 2 heterocycles. The standard InChI is InChI=1S/C25H18F3N3O2/c26-25(27,28)20-7-1-4-16(12-20)13-21-15-18-8-11-30-22(23(18)33-21)17-5-2-6-19(14-17)24(32)31-10-3-9-29/h1-2,4-8,11-12,14-15H,3,10,13H2,(H,31,32). The van der Waals surface area contributed by atoms with Gasteiger partial charge in [-0.25, -0.2) is 0 Å². The highest BCUT2D eigenvalue weighted by Crippen LogP contribution is 2.32. The fraction of sp³-hybridized carbons (Fsp3) is 0.160. The van der Waals surface area contributed by atoms with E-state index in [9.17, 15) is 18.0 Å². The number of nitrogens with zero attached hydrogens (tertiary/aromatic N) is 2. The molecule has 0 spiro atoms. The van der Waals surface area contributed by atoms with Crippen LogP contribution in [0.2, 0.25) is 0 Å². The number of hydrogen-bond donors (Lipinski definition) is 1. The van der Waals surface area contributed by atoms with Crippen molar-refractivity contribution in [2.24, 2.45) is 0 Å². The van der Waals surface area contributed by atoms with Gasteiger partial charge in [0, 0.05) is 35.7 Å². The van der Waals surface area contributed by atoms with E-state index >= 15 is 0 Å². The van der Waals surface area contributed by atoms with E-state index in [4.69, 9.17) is 9.68 Å². The number of alkyl halides is 3. The number of carbonyl (C=O) groups excluding carboxylic acids is 1. The first-order chi connectivity index (χ1) is 15.8. The summed E-state index contributed by atoms with van der Waals surface area (Å²) in [6.45, 7) is 0.254. The summed E-state index contributed by atoms with van der Waals surface area (Å²) in [4.78, 5) is 16.7. The predicted octanol–water partition coefficient (Wildman–Crippen LogP) is 5.75. The Morgan fingerprint density at radius 3 is 2.70 bits per heavy atom. The van der Waals surface area contributed by atoms with Crippen LogP contribution in [-0.4, -0.2) is 17.4 Å². The number of hydrogen-bond acceptors (Lipinski definition) is 4. The van der Waals surface area contributed by atoms with Gasteiger partial charge in [0.25, 0.3) is 5.91 Å². The summed E-state index contributed by atoms with van der Waals surface area (Å²) in [5.41, 5.74) is 1.86. The molecule has 0 atom stereocenters. The number of nitrogens with one attached hydrogen (secondary N) is 1. The summed E-state index contributed by atoms with van der Waals surface area (Å²) in [7, 11) is 0. The number of amides is 1.